The fourth-order valence-corrected chi connectivity index (χ4v) is 3.16. The van der Waals surface area contributed by atoms with Crippen LogP contribution < -0.4 is 16.2 Å². The van der Waals surface area contributed by atoms with E-state index in [1.54, 1.807) is 0 Å². The fourth-order valence-electron chi connectivity index (χ4n) is 2.64. The Labute approximate surface area is 156 Å². The Morgan fingerprint density at radius 2 is 1.67 bits per heavy atom. The van der Waals surface area contributed by atoms with Crippen LogP contribution in [0.15, 0.2) is 47.4 Å². The Kier molecular flexibility index (Phi) is 4.68. The van der Waals surface area contributed by atoms with Crippen LogP contribution in [0.4, 0.5) is 17.6 Å². The maximum absolute atomic E-state index is 12.8. The Morgan fingerprint density at radius 3 is 2.22 bits per heavy atom. The number of primary sulfonamides is 1. The number of nitrogens with two attached hydrogens (primary N) is 2. The van der Waals surface area contributed by atoms with Gasteiger partial charge in [0.15, 0.2) is 0 Å². The minimum Gasteiger partial charge on any atom is -0.368 e. The molecular formula is C17H18N6O3S. The largest absolute Gasteiger partial charge is 0.368 e. The molecule has 0 amide bonds. The molecule has 0 aliphatic heterocycles. The molecule has 0 aliphatic rings. The first kappa shape index (κ1) is 18.5. The number of sulfonamides is 1. The van der Waals surface area contributed by atoms with Crippen molar-refractivity contribution in [2.45, 2.75) is 18.7 Å². The second-order valence-electron chi connectivity index (χ2n) is 5.97. The molecular weight excluding hydrogens is 368 g/mol. The van der Waals surface area contributed by atoms with Crippen molar-refractivity contribution in [3.05, 3.63) is 59.2 Å². The molecule has 3 aromatic rings. The quantitative estimate of drug-likeness (QED) is 0.616. The molecule has 140 valence electrons. The molecule has 2 aromatic carbocycles. The molecule has 0 atom stereocenters. The normalized spacial score (nSPS) is 11.4. The van der Waals surface area contributed by atoms with Gasteiger partial charge < -0.3 is 11.1 Å². The predicted molar refractivity (Wildman–Crippen MR) is 101 cm³/mol. The van der Waals surface area contributed by atoms with Crippen LogP contribution in [0.1, 0.15) is 21.5 Å². The standard InChI is InChI=1S/C17H18N6O3S/c1-10-4-3-5-11(2)14(10)15(24)23-16(18)21-17(22-23)20-12-6-8-13(9-7-12)27(19,25)26/h3-9H,1-2H3,(H2,19,25,26)(H3,18,20,21,22). The molecule has 0 radical (unpaired) electrons. The zero-order chi connectivity index (χ0) is 19.8. The topological polar surface area (TPSA) is 146 Å². The van der Waals surface area contributed by atoms with Gasteiger partial charge in [0.05, 0.1) is 4.90 Å². The first-order valence-electron chi connectivity index (χ1n) is 7.90. The number of benzene rings is 2. The van der Waals surface area contributed by atoms with Crippen LogP contribution in [0.3, 0.4) is 0 Å². The van der Waals surface area contributed by atoms with Crippen molar-refractivity contribution in [1.29, 1.82) is 0 Å². The lowest BCUT2D eigenvalue weighted by molar-refractivity contribution is 0.0946. The number of hydrogen-bond acceptors (Lipinski definition) is 7. The number of carbonyl (C=O) groups is 1. The minimum absolute atomic E-state index is 0.0174. The van der Waals surface area contributed by atoms with Crippen molar-refractivity contribution >= 4 is 33.5 Å². The fraction of sp³-hybridized carbons (Fsp3) is 0.118. The van der Waals surface area contributed by atoms with E-state index in [9.17, 15) is 13.2 Å². The van der Waals surface area contributed by atoms with Crippen molar-refractivity contribution in [3.8, 4) is 0 Å². The van der Waals surface area contributed by atoms with E-state index in [-0.39, 0.29) is 22.7 Å². The number of hydrogen-bond donors (Lipinski definition) is 3. The number of aromatic nitrogens is 3. The van der Waals surface area contributed by atoms with E-state index >= 15 is 0 Å². The van der Waals surface area contributed by atoms with Gasteiger partial charge in [-0.3, -0.25) is 4.79 Å². The summed E-state index contributed by atoms with van der Waals surface area (Å²) in [5.74, 6) is -0.338. The molecule has 0 spiro atoms. The number of aryl methyl sites for hydroxylation is 2. The summed E-state index contributed by atoms with van der Waals surface area (Å²) in [6.07, 6.45) is 0. The average Bonchev–Trinajstić information content (AvgIpc) is 2.94. The van der Waals surface area contributed by atoms with E-state index in [4.69, 9.17) is 10.9 Å². The summed E-state index contributed by atoms with van der Waals surface area (Å²) in [5.41, 5.74) is 8.49. The molecule has 0 bridgehead atoms. The van der Waals surface area contributed by atoms with Gasteiger partial charge in [-0.25, -0.2) is 13.6 Å². The van der Waals surface area contributed by atoms with Gasteiger partial charge in [0.25, 0.3) is 5.91 Å². The van der Waals surface area contributed by atoms with Crippen molar-refractivity contribution < 1.29 is 13.2 Å². The van der Waals surface area contributed by atoms with Crippen LogP contribution in [-0.2, 0) is 10.0 Å². The van der Waals surface area contributed by atoms with Crippen molar-refractivity contribution in [3.63, 3.8) is 0 Å². The number of nitrogens with one attached hydrogen (secondary N) is 1. The highest BCUT2D eigenvalue weighted by Gasteiger charge is 2.19. The third-order valence-electron chi connectivity index (χ3n) is 3.96. The third-order valence-corrected chi connectivity index (χ3v) is 4.89. The Hall–Kier alpha value is -3.24. The van der Waals surface area contributed by atoms with Crippen LogP contribution in [0.5, 0.6) is 0 Å². The van der Waals surface area contributed by atoms with Gasteiger partial charge in [0.1, 0.15) is 0 Å². The van der Waals surface area contributed by atoms with Crippen molar-refractivity contribution in [1.82, 2.24) is 14.8 Å². The summed E-state index contributed by atoms with van der Waals surface area (Å²) >= 11 is 0. The molecule has 10 heteroatoms. The maximum Gasteiger partial charge on any atom is 0.282 e. The molecule has 0 fully saturated rings. The second kappa shape index (κ2) is 6.82. The third kappa shape index (κ3) is 3.81. The molecule has 1 aromatic heterocycles. The van der Waals surface area contributed by atoms with E-state index in [2.05, 4.69) is 15.4 Å². The van der Waals surface area contributed by atoms with E-state index in [1.807, 2.05) is 32.0 Å². The lowest BCUT2D eigenvalue weighted by Crippen LogP contribution is -2.18. The van der Waals surface area contributed by atoms with Crippen LogP contribution in [0, 0.1) is 13.8 Å². The minimum atomic E-state index is -3.77. The van der Waals surface area contributed by atoms with Crippen LogP contribution in [-0.4, -0.2) is 29.1 Å². The zero-order valence-corrected chi connectivity index (χ0v) is 15.5. The summed E-state index contributed by atoms with van der Waals surface area (Å²) in [7, 11) is -3.77. The number of anilines is 3. The SMILES string of the molecule is Cc1cccc(C)c1C(=O)n1nc(Nc2ccc(S(N)(=O)=O)cc2)nc1N. The smallest absolute Gasteiger partial charge is 0.282 e. The molecule has 0 saturated heterocycles. The lowest BCUT2D eigenvalue weighted by atomic mass is 10.0. The maximum atomic E-state index is 12.8. The monoisotopic (exact) mass is 386 g/mol. The van der Waals surface area contributed by atoms with Gasteiger partial charge in [0, 0.05) is 11.3 Å². The Morgan fingerprint density at radius 1 is 1.07 bits per heavy atom. The zero-order valence-electron chi connectivity index (χ0n) is 14.7. The number of carbonyl (C=O) groups excluding carboxylic acids is 1. The molecule has 0 aliphatic carbocycles. The number of rotatable bonds is 4. The molecule has 0 unspecified atom stereocenters. The highest BCUT2D eigenvalue weighted by Crippen LogP contribution is 2.19. The van der Waals surface area contributed by atoms with Crippen LogP contribution in [0.2, 0.25) is 0 Å². The molecule has 5 N–H and O–H groups in total. The van der Waals surface area contributed by atoms with Gasteiger partial charge in [-0.05, 0) is 49.2 Å². The van der Waals surface area contributed by atoms with Gasteiger partial charge in [-0.1, -0.05) is 18.2 Å². The highest BCUT2D eigenvalue weighted by molar-refractivity contribution is 7.89. The van der Waals surface area contributed by atoms with E-state index in [0.717, 1.165) is 15.8 Å². The second-order valence-corrected chi connectivity index (χ2v) is 7.53. The summed E-state index contributed by atoms with van der Waals surface area (Å²) in [4.78, 5) is 16.8. The highest BCUT2D eigenvalue weighted by atomic mass is 32.2. The number of nitrogen functional groups attached to an aromatic ring is 1. The summed E-state index contributed by atoms with van der Waals surface area (Å²) in [6.45, 7) is 3.67. The van der Waals surface area contributed by atoms with Gasteiger partial charge in [-0.2, -0.15) is 9.67 Å². The summed E-state index contributed by atoms with van der Waals surface area (Å²) in [6, 6.07) is 11.2. The average molecular weight is 386 g/mol. The van der Waals surface area contributed by atoms with Crippen molar-refractivity contribution in [2.24, 2.45) is 5.14 Å². The molecule has 0 saturated carbocycles. The Balaban J connectivity index is 1.88. The molecule has 9 nitrogen and oxygen atoms in total. The van der Waals surface area contributed by atoms with Gasteiger partial charge in [0.2, 0.25) is 21.9 Å². The Bertz CT molecular complexity index is 1100. The molecule has 27 heavy (non-hydrogen) atoms. The lowest BCUT2D eigenvalue weighted by Gasteiger charge is -2.08. The van der Waals surface area contributed by atoms with E-state index in [1.165, 1.54) is 24.3 Å². The van der Waals surface area contributed by atoms with E-state index < -0.39 is 10.0 Å². The predicted octanol–water partition coefficient (Wildman–Crippen LogP) is 1.56. The molecule has 3 rings (SSSR count). The van der Waals surface area contributed by atoms with E-state index in [0.29, 0.717) is 11.3 Å². The number of nitrogens with zero attached hydrogens (tertiary/aromatic N) is 3. The summed E-state index contributed by atoms with van der Waals surface area (Å²) < 4.78 is 23.6. The van der Waals surface area contributed by atoms with Crippen molar-refractivity contribution in [2.75, 3.05) is 11.1 Å². The summed E-state index contributed by atoms with van der Waals surface area (Å²) in [5, 5.41) is 12.0. The van der Waals surface area contributed by atoms with Crippen LogP contribution in [0.25, 0.3) is 0 Å². The van der Waals surface area contributed by atoms with Gasteiger partial charge in [-0.15, -0.1) is 5.10 Å². The first-order chi connectivity index (χ1) is 12.7. The van der Waals surface area contributed by atoms with Gasteiger partial charge >= 0.3 is 0 Å². The first-order valence-corrected chi connectivity index (χ1v) is 9.45. The molecule has 1 heterocycles. The van der Waals surface area contributed by atoms with Crippen LogP contribution >= 0.6 is 0 Å².